The third-order valence-corrected chi connectivity index (χ3v) is 2.41. The Morgan fingerprint density at radius 1 is 1.11 bits per heavy atom. The number of hydrogen-bond acceptors (Lipinski definition) is 4. The van der Waals surface area contributed by atoms with E-state index in [1.807, 2.05) is 0 Å². The normalized spacial score (nSPS) is 11.6. The van der Waals surface area contributed by atoms with Gasteiger partial charge in [0.1, 0.15) is 0 Å². The molecule has 0 bridgehead atoms. The number of nitrogens with zero attached hydrogens (tertiary/aromatic N) is 3. The van der Waals surface area contributed by atoms with E-state index in [9.17, 15) is 13.2 Å². The molecule has 0 amide bonds. The van der Waals surface area contributed by atoms with Crippen LogP contribution < -0.4 is 0 Å². The Balaban J connectivity index is 2.40. The van der Waals surface area contributed by atoms with Gasteiger partial charge in [-0.2, -0.15) is 13.2 Å². The summed E-state index contributed by atoms with van der Waals surface area (Å²) < 4.78 is 37.0. The first-order valence-corrected chi connectivity index (χ1v) is 5.38. The fourth-order valence-corrected chi connectivity index (χ4v) is 1.61. The smallest absolute Gasteiger partial charge is 0.390 e. The Morgan fingerprint density at radius 2 is 1.74 bits per heavy atom. The molecule has 4 nitrogen and oxygen atoms in total. The van der Waals surface area contributed by atoms with Gasteiger partial charge in [0.15, 0.2) is 0 Å². The first-order valence-electron chi connectivity index (χ1n) is 5.38. The predicted molar refractivity (Wildman–Crippen MR) is 60.9 cm³/mol. The summed E-state index contributed by atoms with van der Waals surface area (Å²) >= 11 is 0. The topological polar surface area (TPSA) is 58.9 Å². The molecule has 1 N–H and O–H groups in total. The molecule has 2 rings (SSSR count). The van der Waals surface area contributed by atoms with Crippen LogP contribution >= 0.6 is 0 Å². The molecule has 0 fully saturated rings. The van der Waals surface area contributed by atoms with Crippen molar-refractivity contribution in [1.82, 2.24) is 15.0 Å². The van der Waals surface area contributed by atoms with E-state index >= 15 is 0 Å². The second-order valence-electron chi connectivity index (χ2n) is 3.94. The summed E-state index contributed by atoms with van der Waals surface area (Å²) in [6.45, 7) is 1.49. The molecule has 0 aliphatic carbocycles. The van der Waals surface area contributed by atoms with Crippen LogP contribution in [0.2, 0.25) is 0 Å². The van der Waals surface area contributed by atoms with Gasteiger partial charge in [0.2, 0.25) is 5.82 Å². The van der Waals surface area contributed by atoms with Crippen LogP contribution in [-0.2, 0) is 12.8 Å². The Morgan fingerprint density at radius 3 is 2.26 bits per heavy atom. The van der Waals surface area contributed by atoms with Crippen molar-refractivity contribution in [3.63, 3.8) is 0 Å². The molecule has 0 saturated carbocycles. The number of rotatable bonds is 2. The van der Waals surface area contributed by atoms with E-state index in [-0.39, 0.29) is 6.61 Å². The Bertz CT molecular complexity index is 582. The monoisotopic (exact) mass is 269 g/mol. The van der Waals surface area contributed by atoms with Crippen LogP contribution in [0.15, 0.2) is 24.5 Å². The predicted octanol–water partition coefficient (Wildman–Crippen LogP) is 2.36. The van der Waals surface area contributed by atoms with Gasteiger partial charge < -0.3 is 5.11 Å². The summed E-state index contributed by atoms with van der Waals surface area (Å²) in [4.78, 5) is 10.6. The number of aliphatic hydroxyl groups excluding tert-OH is 1. The molecule has 0 aromatic carbocycles. The van der Waals surface area contributed by atoms with Crippen LogP contribution in [0.4, 0.5) is 13.2 Å². The lowest BCUT2D eigenvalue weighted by Crippen LogP contribution is -2.10. The number of halogens is 3. The van der Waals surface area contributed by atoms with Crippen molar-refractivity contribution in [2.45, 2.75) is 19.7 Å². The Labute approximate surface area is 107 Å². The number of aliphatic hydroxyl groups is 1. The average molecular weight is 269 g/mol. The van der Waals surface area contributed by atoms with Crippen molar-refractivity contribution in [2.75, 3.05) is 0 Å². The van der Waals surface area contributed by atoms with Crippen molar-refractivity contribution in [1.29, 1.82) is 0 Å². The zero-order valence-electron chi connectivity index (χ0n) is 9.94. The van der Waals surface area contributed by atoms with Gasteiger partial charge in [-0.3, -0.25) is 4.98 Å². The number of alkyl halides is 3. The highest BCUT2D eigenvalue weighted by atomic mass is 19.4. The van der Waals surface area contributed by atoms with Gasteiger partial charge >= 0.3 is 6.18 Å². The second-order valence-corrected chi connectivity index (χ2v) is 3.94. The van der Waals surface area contributed by atoms with Crippen LogP contribution in [0.1, 0.15) is 17.2 Å². The van der Waals surface area contributed by atoms with Gasteiger partial charge in [-0.1, -0.05) is 0 Å². The lowest BCUT2D eigenvalue weighted by molar-refractivity contribution is -0.144. The van der Waals surface area contributed by atoms with Crippen molar-refractivity contribution < 1.29 is 18.3 Å². The fraction of sp³-hybridized carbons (Fsp3) is 0.250. The molecular formula is C12H10F3N3O. The van der Waals surface area contributed by atoms with E-state index in [0.717, 1.165) is 12.4 Å². The molecule has 2 heterocycles. The highest BCUT2D eigenvalue weighted by Crippen LogP contribution is 2.27. The zero-order chi connectivity index (χ0) is 14.0. The maximum atomic E-state index is 12.3. The van der Waals surface area contributed by atoms with Gasteiger partial charge in [0.25, 0.3) is 0 Å². The van der Waals surface area contributed by atoms with Gasteiger partial charge in [-0.05, 0) is 24.6 Å². The summed E-state index contributed by atoms with van der Waals surface area (Å²) in [6, 6.07) is 3.27. The first kappa shape index (κ1) is 13.4. The molecule has 0 unspecified atom stereocenters. The molecule has 0 radical (unpaired) electrons. The molecule has 0 saturated heterocycles. The van der Waals surface area contributed by atoms with E-state index in [2.05, 4.69) is 15.0 Å². The minimum Gasteiger partial charge on any atom is -0.390 e. The van der Waals surface area contributed by atoms with E-state index in [0.29, 0.717) is 22.5 Å². The minimum absolute atomic E-state index is 0.240. The van der Waals surface area contributed by atoms with Gasteiger partial charge in [-0.15, -0.1) is 0 Å². The van der Waals surface area contributed by atoms with Crippen LogP contribution in [0.5, 0.6) is 0 Å². The molecule has 2 aromatic rings. The highest BCUT2D eigenvalue weighted by Gasteiger charge is 2.34. The van der Waals surface area contributed by atoms with E-state index in [1.165, 1.54) is 0 Å². The van der Waals surface area contributed by atoms with E-state index in [4.69, 9.17) is 5.11 Å². The molecule has 19 heavy (non-hydrogen) atoms. The summed E-state index contributed by atoms with van der Waals surface area (Å²) in [7, 11) is 0. The lowest BCUT2D eigenvalue weighted by atomic mass is 10.1. The molecule has 7 heteroatoms. The standard InChI is InChI=1S/C12H10F3N3O/c1-7-2-8(3-10(6-19)18-7)9-4-16-11(17-5-9)12(13,14)15/h2-5,19H,6H2,1H3. The molecule has 0 aliphatic heterocycles. The molecule has 0 spiro atoms. The Hall–Kier alpha value is -2.02. The van der Waals surface area contributed by atoms with Crippen LogP contribution in [-0.4, -0.2) is 20.1 Å². The molecule has 2 aromatic heterocycles. The van der Waals surface area contributed by atoms with Crippen molar-refractivity contribution >= 4 is 0 Å². The highest BCUT2D eigenvalue weighted by molar-refractivity contribution is 5.62. The second kappa shape index (κ2) is 4.93. The number of aryl methyl sites for hydroxylation is 1. The average Bonchev–Trinajstić information content (AvgIpc) is 2.37. The van der Waals surface area contributed by atoms with E-state index in [1.54, 1.807) is 19.1 Å². The summed E-state index contributed by atoms with van der Waals surface area (Å²) in [5, 5.41) is 9.04. The number of aromatic nitrogens is 3. The summed E-state index contributed by atoms with van der Waals surface area (Å²) in [5.41, 5.74) is 2.15. The van der Waals surface area contributed by atoms with E-state index < -0.39 is 12.0 Å². The third kappa shape index (κ3) is 3.05. The van der Waals surface area contributed by atoms with Gasteiger partial charge in [-0.25, -0.2) is 9.97 Å². The first-order chi connectivity index (χ1) is 8.90. The fourth-order valence-electron chi connectivity index (χ4n) is 1.61. The van der Waals surface area contributed by atoms with Crippen molar-refractivity contribution in [3.8, 4) is 11.1 Å². The molecule has 100 valence electrons. The van der Waals surface area contributed by atoms with Crippen LogP contribution in [0, 0.1) is 6.92 Å². The van der Waals surface area contributed by atoms with Crippen molar-refractivity contribution in [3.05, 3.63) is 41.7 Å². The largest absolute Gasteiger partial charge is 0.451 e. The minimum atomic E-state index is -4.55. The molecular weight excluding hydrogens is 259 g/mol. The van der Waals surface area contributed by atoms with Crippen molar-refractivity contribution in [2.24, 2.45) is 0 Å². The SMILES string of the molecule is Cc1cc(-c2cnc(C(F)(F)F)nc2)cc(CO)n1. The maximum absolute atomic E-state index is 12.3. The number of hydrogen-bond donors (Lipinski definition) is 1. The Kier molecular flexibility index (Phi) is 3.48. The molecule has 0 atom stereocenters. The van der Waals surface area contributed by atoms with Crippen LogP contribution in [0.3, 0.4) is 0 Å². The van der Waals surface area contributed by atoms with Crippen LogP contribution in [0.25, 0.3) is 11.1 Å². The quantitative estimate of drug-likeness (QED) is 0.909. The number of pyridine rings is 1. The lowest BCUT2D eigenvalue weighted by Gasteiger charge is -2.07. The summed E-state index contributed by atoms with van der Waals surface area (Å²) in [5.74, 6) is -1.18. The third-order valence-electron chi connectivity index (χ3n) is 2.41. The zero-order valence-corrected chi connectivity index (χ0v) is 9.94. The van der Waals surface area contributed by atoms with Gasteiger partial charge in [0, 0.05) is 23.7 Å². The molecule has 0 aliphatic rings. The summed E-state index contributed by atoms with van der Waals surface area (Å²) in [6.07, 6.45) is -2.35. The van der Waals surface area contributed by atoms with Gasteiger partial charge in [0.05, 0.1) is 12.3 Å². The maximum Gasteiger partial charge on any atom is 0.451 e.